The van der Waals surface area contributed by atoms with Crippen molar-refractivity contribution in [3.05, 3.63) is 65.2 Å². The number of hydrogen-bond acceptors (Lipinski definition) is 2. The highest BCUT2D eigenvalue weighted by Gasteiger charge is 2.31. The molecule has 0 spiro atoms. The molecule has 2 fully saturated rings. The Morgan fingerprint density at radius 2 is 1.38 bits per heavy atom. The monoisotopic (exact) mass is 460 g/mol. The zero-order valence-electron chi connectivity index (χ0n) is 21.4. The number of hydrogen-bond donors (Lipinski definition) is 0. The minimum atomic E-state index is -0.274. The normalized spacial score (nSPS) is 25.1. The largest absolute Gasteiger partial charge is 0.423 e. The van der Waals surface area contributed by atoms with Gasteiger partial charge in [-0.05, 0) is 110 Å². The van der Waals surface area contributed by atoms with E-state index in [9.17, 15) is 4.79 Å². The van der Waals surface area contributed by atoms with Gasteiger partial charge in [0.15, 0.2) is 0 Å². The number of rotatable bonds is 9. The molecule has 0 aliphatic heterocycles. The second-order valence-corrected chi connectivity index (χ2v) is 10.9. The van der Waals surface area contributed by atoms with Gasteiger partial charge in [-0.25, -0.2) is 4.79 Å². The van der Waals surface area contributed by atoms with Gasteiger partial charge in [-0.3, -0.25) is 0 Å². The van der Waals surface area contributed by atoms with Gasteiger partial charge in [0.05, 0.1) is 5.56 Å². The van der Waals surface area contributed by atoms with Crippen LogP contribution >= 0.6 is 0 Å². The Hall–Kier alpha value is -2.09. The lowest BCUT2D eigenvalue weighted by atomic mass is 9.68. The molecule has 0 amide bonds. The number of unbranched alkanes of at least 4 members (excludes halogenated alkanes) is 1. The summed E-state index contributed by atoms with van der Waals surface area (Å²) in [5.41, 5.74) is 3.30. The van der Waals surface area contributed by atoms with Crippen LogP contribution in [0.5, 0.6) is 5.75 Å². The molecular formula is C32H44O2. The topological polar surface area (TPSA) is 26.3 Å². The number of benzene rings is 2. The fourth-order valence-corrected chi connectivity index (χ4v) is 6.44. The van der Waals surface area contributed by atoms with Gasteiger partial charge in [0, 0.05) is 0 Å². The Morgan fingerprint density at radius 3 is 1.97 bits per heavy atom. The number of esters is 1. The molecule has 0 radical (unpaired) electrons. The summed E-state index contributed by atoms with van der Waals surface area (Å²) in [5, 5.41) is 0. The summed E-state index contributed by atoms with van der Waals surface area (Å²) in [6, 6.07) is 16.2. The molecule has 2 aromatic carbocycles. The maximum Gasteiger partial charge on any atom is 0.343 e. The molecule has 0 aromatic heterocycles. The van der Waals surface area contributed by atoms with Crippen LogP contribution in [0.4, 0.5) is 0 Å². The number of carbonyl (C=O) groups excluding carboxylic acids is 1. The van der Waals surface area contributed by atoms with Crippen LogP contribution in [0.3, 0.4) is 0 Å². The van der Waals surface area contributed by atoms with Gasteiger partial charge in [-0.15, -0.1) is 0 Å². The second kappa shape index (κ2) is 12.6. The standard InChI is InChI=1S/C32H44O2/c1-3-5-7-25-10-14-30(15-11-25)32(33)34-31-22-20-29(21-23-31)28-18-16-27(17-19-28)26-12-8-24(6-4-2)9-13-26/h10-11,14-15,20-24,26-28H,3-9,12-13,16-19H2,1-2H3/t24-,26-,27-,28-. The molecular weight excluding hydrogens is 416 g/mol. The summed E-state index contributed by atoms with van der Waals surface area (Å²) in [6.45, 7) is 4.53. The molecule has 0 saturated heterocycles. The molecule has 2 heteroatoms. The molecule has 2 nitrogen and oxygen atoms in total. The molecule has 184 valence electrons. The van der Waals surface area contributed by atoms with Crippen LogP contribution in [0.15, 0.2) is 48.5 Å². The Labute approximate surface area is 207 Å². The van der Waals surface area contributed by atoms with E-state index in [2.05, 4.69) is 26.0 Å². The lowest BCUT2D eigenvalue weighted by molar-refractivity contribution is 0.0734. The maximum atomic E-state index is 12.5. The number of aryl methyl sites for hydroxylation is 1. The number of ether oxygens (including phenoxy) is 1. The van der Waals surface area contributed by atoms with Crippen molar-refractivity contribution in [2.75, 3.05) is 0 Å². The number of carbonyl (C=O) groups is 1. The van der Waals surface area contributed by atoms with E-state index < -0.39 is 0 Å². The van der Waals surface area contributed by atoms with Gasteiger partial charge in [-0.1, -0.05) is 70.2 Å². The Balaban J connectivity index is 1.24. The molecule has 4 rings (SSSR count). The Kier molecular flexibility index (Phi) is 9.25. The lowest BCUT2D eigenvalue weighted by Gasteiger charge is -2.38. The smallest absolute Gasteiger partial charge is 0.343 e. The zero-order chi connectivity index (χ0) is 23.8. The van der Waals surface area contributed by atoms with Crippen molar-refractivity contribution in [3.8, 4) is 5.75 Å². The molecule has 0 N–H and O–H groups in total. The van der Waals surface area contributed by atoms with Gasteiger partial charge >= 0.3 is 5.97 Å². The van der Waals surface area contributed by atoms with Crippen LogP contribution in [0.2, 0.25) is 0 Å². The highest BCUT2D eigenvalue weighted by atomic mass is 16.5. The fraction of sp³-hybridized carbons (Fsp3) is 0.594. The van der Waals surface area contributed by atoms with E-state index in [4.69, 9.17) is 4.74 Å². The van der Waals surface area contributed by atoms with Gasteiger partial charge in [0.25, 0.3) is 0 Å². The SMILES string of the molecule is CCCCc1ccc(C(=O)Oc2ccc([C@H]3CC[C@H]([C@H]4CC[C@H](CCC)CC4)CC3)cc2)cc1. The van der Waals surface area contributed by atoms with Gasteiger partial charge < -0.3 is 4.74 Å². The van der Waals surface area contributed by atoms with Crippen LogP contribution in [0, 0.1) is 17.8 Å². The van der Waals surface area contributed by atoms with Gasteiger partial charge in [0.2, 0.25) is 0 Å². The molecule has 0 heterocycles. The Bertz CT molecular complexity index is 866. The van der Waals surface area contributed by atoms with Gasteiger partial charge in [0.1, 0.15) is 5.75 Å². The average Bonchev–Trinajstić information content (AvgIpc) is 2.89. The maximum absolute atomic E-state index is 12.5. The van der Waals surface area contributed by atoms with Crippen molar-refractivity contribution in [1.82, 2.24) is 0 Å². The van der Waals surface area contributed by atoms with Crippen molar-refractivity contribution >= 4 is 5.97 Å². The van der Waals surface area contributed by atoms with Gasteiger partial charge in [-0.2, -0.15) is 0 Å². The van der Waals surface area contributed by atoms with Crippen LogP contribution < -0.4 is 4.74 Å². The van der Waals surface area contributed by atoms with E-state index in [-0.39, 0.29) is 5.97 Å². The second-order valence-electron chi connectivity index (χ2n) is 10.9. The van der Waals surface area contributed by atoms with E-state index in [1.807, 2.05) is 36.4 Å². The third-order valence-electron chi connectivity index (χ3n) is 8.60. The van der Waals surface area contributed by atoms with Crippen molar-refractivity contribution in [3.63, 3.8) is 0 Å². The van der Waals surface area contributed by atoms with E-state index in [0.717, 1.165) is 24.2 Å². The average molecular weight is 461 g/mol. The van der Waals surface area contributed by atoms with Crippen molar-refractivity contribution in [2.24, 2.45) is 17.8 Å². The van der Waals surface area contributed by atoms with E-state index in [0.29, 0.717) is 17.2 Å². The molecule has 2 aliphatic rings. The summed E-state index contributed by atoms with van der Waals surface area (Å²) in [6.07, 6.45) is 17.5. The highest BCUT2D eigenvalue weighted by molar-refractivity contribution is 5.91. The minimum Gasteiger partial charge on any atom is -0.423 e. The van der Waals surface area contributed by atoms with Crippen LogP contribution in [-0.2, 0) is 6.42 Å². The predicted octanol–water partition coefficient (Wildman–Crippen LogP) is 9.13. The molecule has 0 atom stereocenters. The van der Waals surface area contributed by atoms with E-state index in [1.165, 1.54) is 88.2 Å². The molecule has 0 unspecified atom stereocenters. The first kappa shape index (κ1) is 25.0. The van der Waals surface area contributed by atoms with E-state index >= 15 is 0 Å². The highest BCUT2D eigenvalue weighted by Crippen LogP contribution is 2.44. The quantitative estimate of drug-likeness (QED) is 0.275. The Morgan fingerprint density at radius 1 is 0.765 bits per heavy atom. The first-order valence-electron chi connectivity index (χ1n) is 14.1. The molecule has 0 bridgehead atoms. The third kappa shape index (κ3) is 6.74. The van der Waals surface area contributed by atoms with Crippen LogP contribution in [0.1, 0.15) is 118 Å². The third-order valence-corrected chi connectivity index (χ3v) is 8.60. The first-order chi connectivity index (χ1) is 16.7. The minimum absolute atomic E-state index is 0.274. The van der Waals surface area contributed by atoms with Crippen molar-refractivity contribution in [2.45, 2.75) is 103 Å². The van der Waals surface area contributed by atoms with Crippen LogP contribution in [0.25, 0.3) is 0 Å². The molecule has 2 saturated carbocycles. The van der Waals surface area contributed by atoms with Crippen molar-refractivity contribution in [1.29, 1.82) is 0 Å². The molecule has 2 aliphatic carbocycles. The molecule has 2 aromatic rings. The summed E-state index contributed by atoms with van der Waals surface area (Å²) in [7, 11) is 0. The molecule has 34 heavy (non-hydrogen) atoms. The van der Waals surface area contributed by atoms with Crippen LogP contribution in [-0.4, -0.2) is 5.97 Å². The summed E-state index contributed by atoms with van der Waals surface area (Å²) in [5.74, 6) is 3.97. The zero-order valence-corrected chi connectivity index (χ0v) is 21.4. The lowest BCUT2D eigenvalue weighted by Crippen LogP contribution is -2.25. The van der Waals surface area contributed by atoms with E-state index in [1.54, 1.807) is 0 Å². The summed E-state index contributed by atoms with van der Waals surface area (Å²) in [4.78, 5) is 12.5. The first-order valence-corrected chi connectivity index (χ1v) is 14.1. The van der Waals surface area contributed by atoms with Crippen molar-refractivity contribution < 1.29 is 9.53 Å². The fourth-order valence-electron chi connectivity index (χ4n) is 6.44. The predicted molar refractivity (Wildman–Crippen MR) is 142 cm³/mol. The summed E-state index contributed by atoms with van der Waals surface area (Å²) >= 11 is 0. The summed E-state index contributed by atoms with van der Waals surface area (Å²) < 4.78 is 5.65.